The second kappa shape index (κ2) is 9.97. The van der Waals surface area contributed by atoms with Crippen molar-refractivity contribution in [1.29, 1.82) is 0 Å². The Morgan fingerprint density at radius 3 is 1.76 bits per heavy atom. The van der Waals surface area contributed by atoms with Gasteiger partial charge in [-0.05, 0) is 30.1 Å². The fraction of sp³-hybridized carbons (Fsp3) is 1.00. The lowest BCUT2D eigenvalue weighted by molar-refractivity contribution is 0.333. The maximum absolute atomic E-state index is 2.45. The van der Waals surface area contributed by atoms with Crippen molar-refractivity contribution >= 4 is 0 Å². The molecule has 104 valence electrons. The fourth-order valence-corrected chi connectivity index (χ4v) is 2.60. The van der Waals surface area contributed by atoms with Gasteiger partial charge in [0.2, 0.25) is 0 Å². The molecule has 2 unspecified atom stereocenters. The quantitative estimate of drug-likeness (QED) is 0.393. The Labute approximate surface area is 111 Å². The zero-order valence-corrected chi connectivity index (χ0v) is 13.3. The first-order valence-electron chi connectivity index (χ1n) is 8.01. The minimum atomic E-state index is 0.858. The van der Waals surface area contributed by atoms with Gasteiger partial charge < -0.3 is 0 Å². The highest BCUT2D eigenvalue weighted by Gasteiger charge is 2.10. The van der Waals surface area contributed by atoms with Gasteiger partial charge in [-0.2, -0.15) is 0 Å². The molecule has 0 aromatic heterocycles. The van der Waals surface area contributed by atoms with E-state index in [9.17, 15) is 0 Å². The van der Waals surface area contributed by atoms with Gasteiger partial charge in [-0.25, -0.2) is 0 Å². The third kappa shape index (κ3) is 8.69. The molecule has 0 aliphatic rings. The van der Waals surface area contributed by atoms with Gasteiger partial charge >= 0.3 is 0 Å². The smallest absolute Gasteiger partial charge is 0.0417 e. The van der Waals surface area contributed by atoms with E-state index < -0.39 is 0 Å². The molecule has 0 aliphatic heterocycles. The van der Waals surface area contributed by atoms with E-state index in [1.165, 1.54) is 44.9 Å². The van der Waals surface area contributed by atoms with Crippen LogP contribution < -0.4 is 0 Å². The highest BCUT2D eigenvalue weighted by molar-refractivity contribution is 4.63. The third-order valence-electron chi connectivity index (χ3n) is 4.63. The second-order valence-corrected chi connectivity index (χ2v) is 6.53. The summed E-state index contributed by atoms with van der Waals surface area (Å²) in [6.45, 7) is 14.2. The van der Waals surface area contributed by atoms with Crippen molar-refractivity contribution in [3.63, 3.8) is 0 Å². The van der Waals surface area contributed by atoms with Gasteiger partial charge in [-0.1, -0.05) is 80.1 Å². The summed E-state index contributed by atoms with van der Waals surface area (Å²) in [4.78, 5) is 0. The summed E-state index contributed by atoms with van der Waals surface area (Å²) in [6.07, 6.45) is 9.94. The summed E-state index contributed by atoms with van der Waals surface area (Å²) in [6, 6.07) is 0. The summed E-state index contributed by atoms with van der Waals surface area (Å²) in [5, 5.41) is 0. The molecular weight excluding hydrogens is 204 g/mol. The average molecular weight is 240 g/mol. The number of rotatable bonds is 10. The van der Waals surface area contributed by atoms with Crippen LogP contribution in [0.3, 0.4) is 0 Å². The molecule has 0 saturated carbocycles. The van der Waals surface area contributed by atoms with Crippen LogP contribution in [-0.4, -0.2) is 0 Å². The molecule has 0 heteroatoms. The maximum atomic E-state index is 2.45. The SMILES string of the molecule is CCC(CC)CC(C)CCCCC(C)C(C)C. The fourth-order valence-electron chi connectivity index (χ4n) is 2.60. The van der Waals surface area contributed by atoms with E-state index >= 15 is 0 Å². The lowest BCUT2D eigenvalue weighted by atomic mass is 9.87. The predicted octanol–water partition coefficient (Wildman–Crippen LogP) is 6.30. The van der Waals surface area contributed by atoms with Crippen molar-refractivity contribution in [1.82, 2.24) is 0 Å². The topological polar surface area (TPSA) is 0 Å². The molecule has 0 rings (SSSR count). The number of hydrogen-bond acceptors (Lipinski definition) is 0. The van der Waals surface area contributed by atoms with Crippen LogP contribution in [0, 0.1) is 23.7 Å². The largest absolute Gasteiger partial charge is 0.0651 e. The minimum Gasteiger partial charge on any atom is -0.0651 e. The molecule has 0 N–H and O–H groups in total. The summed E-state index contributed by atoms with van der Waals surface area (Å²) in [5.74, 6) is 3.68. The van der Waals surface area contributed by atoms with Crippen molar-refractivity contribution in [2.24, 2.45) is 23.7 Å². The van der Waals surface area contributed by atoms with Gasteiger partial charge in [-0.15, -0.1) is 0 Å². The molecule has 0 heterocycles. The lowest BCUT2D eigenvalue weighted by Gasteiger charge is -2.19. The summed E-state index contributed by atoms with van der Waals surface area (Å²) >= 11 is 0. The van der Waals surface area contributed by atoms with Crippen molar-refractivity contribution in [3.05, 3.63) is 0 Å². The Balaban J connectivity index is 3.54. The summed E-state index contributed by atoms with van der Waals surface area (Å²) < 4.78 is 0. The van der Waals surface area contributed by atoms with Gasteiger partial charge in [0.25, 0.3) is 0 Å². The van der Waals surface area contributed by atoms with Crippen LogP contribution >= 0.6 is 0 Å². The third-order valence-corrected chi connectivity index (χ3v) is 4.63. The Morgan fingerprint density at radius 1 is 0.765 bits per heavy atom. The minimum absolute atomic E-state index is 0.858. The van der Waals surface area contributed by atoms with E-state index in [-0.39, 0.29) is 0 Å². The second-order valence-electron chi connectivity index (χ2n) is 6.53. The van der Waals surface area contributed by atoms with Crippen LogP contribution in [-0.2, 0) is 0 Å². The van der Waals surface area contributed by atoms with Crippen LogP contribution in [0.25, 0.3) is 0 Å². The molecule has 0 bridgehead atoms. The van der Waals surface area contributed by atoms with Crippen LogP contribution in [0.1, 0.15) is 86.5 Å². The highest BCUT2D eigenvalue weighted by atomic mass is 14.2. The monoisotopic (exact) mass is 240 g/mol. The molecule has 0 aromatic carbocycles. The zero-order chi connectivity index (χ0) is 13.3. The molecule has 0 nitrogen and oxygen atoms in total. The van der Waals surface area contributed by atoms with Gasteiger partial charge in [0.05, 0.1) is 0 Å². The first kappa shape index (κ1) is 17.0. The molecule has 0 radical (unpaired) electrons. The Morgan fingerprint density at radius 2 is 1.29 bits per heavy atom. The van der Waals surface area contributed by atoms with E-state index in [1.54, 1.807) is 0 Å². The Bertz CT molecular complexity index is 155. The predicted molar refractivity (Wildman–Crippen MR) is 80.3 cm³/mol. The van der Waals surface area contributed by atoms with E-state index in [4.69, 9.17) is 0 Å². The zero-order valence-electron chi connectivity index (χ0n) is 13.3. The normalized spacial score (nSPS) is 15.5. The Hall–Kier alpha value is 0. The van der Waals surface area contributed by atoms with E-state index in [2.05, 4.69) is 41.5 Å². The van der Waals surface area contributed by atoms with Gasteiger partial charge in [0.15, 0.2) is 0 Å². The van der Waals surface area contributed by atoms with Gasteiger partial charge in [0.1, 0.15) is 0 Å². The molecule has 0 aliphatic carbocycles. The molecule has 0 amide bonds. The average Bonchev–Trinajstić information content (AvgIpc) is 2.31. The van der Waals surface area contributed by atoms with Crippen molar-refractivity contribution in [2.45, 2.75) is 86.5 Å². The standard InChI is InChI=1S/C17H36/c1-7-17(8-2)13-15(5)11-9-10-12-16(6)14(3)4/h14-17H,7-13H2,1-6H3. The molecule has 0 aromatic rings. The van der Waals surface area contributed by atoms with E-state index in [0.717, 1.165) is 23.7 Å². The maximum Gasteiger partial charge on any atom is -0.0417 e. The van der Waals surface area contributed by atoms with Crippen LogP contribution in [0.4, 0.5) is 0 Å². The van der Waals surface area contributed by atoms with Crippen molar-refractivity contribution in [3.8, 4) is 0 Å². The molecular formula is C17H36. The van der Waals surface area contributed by atoms with E-state index in [0.29, 0.717) is 0 Å². The van der Waals surface area contributed by atoms with Crippen molar-refractivity contribution < 1.29 is 0 Å². The van der Waals surface area contributed by atoms with Crippen LogP contribution in [0.5, 0.6) is 0 Å². The first-order valence-corrected chi connectivity index (χ1v) is 8.01. The number of hydrogen-bond donors (Lipinski definition) is 0. The molecule has 2 atom stereocenters. The molecule has 17 heavy (non-hydrogen) atoms. The van der Waals surface area contributed by atoms with Crippen LogP contribution in [0.2, 0.25) is 0 Å². The molecule has 0 spiro atoms. The number of unbranched alkanes of at least 4 members (excludes halogenated alkanes) is 1. The Kier molecular flexibility index (Phi) is 9.97. The highest BCUT2D eigenvalue weighted by Crippen LogP contribution is 2.24. The molecule has 0 saturated heterocycles. The summed E-state index contributed by atoms with van der Waals surface area (Å²) in [5.41, 5.74) is 0. The van der Waals surface area contributed by atoms with Gasteiger partial charge in [-0.3, -0.25) is 0 Å². The van der Waals surface area contributed by atoms with Crippen molar-refractivity contribution in [2.75, 3.05) is 0 Å². The molecule has 0 fully saturated rings. The first-order chi connectivity index (χ1) is 8.01. The van der Waals surface area contributed by atoms with E-state index in [1.807, 2.05) is 0 Å². The van der Waals surface area contributed by atoms with Gasteiger partial charge in [0, 0.05) is 0 Å². The lowest BCUT2D eigenvalue weighted by Crippen LogP contribution is -2.06. The van der Waals surface area contributed by atoms with Crippen LogP contribution in [0.15, 0.2) is 0 Å². The summed E-state index contributed by atoms with van der Waals surface area (Å²) in [7, 11) is 0.